The molecular formula is C26H27N3O3S. The van der Waals surface area contributed by atoms with Crippen molar-refractivity contribution in [3.8, 4) is 22.4 Å². The van der Waals surface area contributed by atoms with Gasteiger partial charge in [0.15, 0.2) is 0 Å². The zero-order valence-electron chi connectivity index (χ0n) is 18.7. The fourth-order valence-corrected chi connectivity index (χ4v) is 4.29. The number of benzene rings is 3. The van der Waals surface area contributed by atoms with Gasteiger partial charge in [-0.15, -0.1) is 0 Å². The molecule has 4 aromatic rings. The molecule has 3 aromatic carbocycles. The van der Waals surface area contributed by atoms with Crippen molar-refractivity contribution in [1.29, 1.82) is 0 Å². The lowest BCUT2D eigenvalue weighted by Crippen LogP contribution is -2.11. The molecule has 0 unspecified atom stereocenters. The number of nitrogens with zero attached hydrogens (tertiary/aromatic N) is 2. The van der Waals surface area contributed by atoms with Crippen molar-refractivity contribution in [2.45, 2.75) is 38.5 Å². The smallest absolute Gasteiger partial charge is 0.238 e. The maximum Gasteiger partial charge on any atom is 0.238 e. The minimum absolute atomic E-state index is 0.0736. The molecule has 0 bridgehead atoms. The van der Waals surface area contributed by atoms with Crippen LogP contribution in [0.15, 0.2) is 83.8 Å². The zero-order valence-corrected chi connectivity index (χ0v) is 19.5. The van der Waals surface area contributed by atoms with E-state index in [2.05, 4.69) is 31.2 Å². The van der Waals surface area contributed by atoms with E-state index >= 15 is 0 Å². The number of rotatable bonds is 8. The van der Waals surface area contributed by atoms with Crippen LogP contribution in [0.3, 0.4) is 0 Å². The Hall–Kier alpha value is -3.26. The van der Waals surface area contributed by atoms with Crippen LogP contribution in [0.5, 0.6) is 0 Å². The Kier molecular flexibility index (Phi) is 6.74. The molecule has 0 atom stereocenters. The van der Waals surface area contributed by atoms with Crippen LogP contribution < -0.4 is 5.14 Å². The van der Waals surface area contributed by atoms with E-state index < -0.39 is 10.0 Å². The average molecular weight is 462 g/mol. The number of ether oxygens (including phenoxy) is 1. The Bertz CT molecular complexity index is 1330. The van der Waals surface area contributed by atoms with Gasteiger partial charge in [-0.2, -0.15) is 5.10 Å². The van der Waals surface area contributed by atoms with E-state index in [0.29, 0.717) is 19.8 Å². The van der Waals surface area contributed by atoms with Crippen molar-refractivity contribution >= 4 is 10.0 Å². The van der Waals surface area contributed by atoms with E-state index in [4.69, 9.17) is 15.0 Å². The molecule has 170 valence electrons. The summed E-state index contributed by atoms with van der Waals surface area (Å²) in [5.41, 5.74) is 6.85. The molecule has 0 saturated heterocycles. The Balaban J connectivity index is 1.76. The highest BCUT2D eigenvalue weighted by molar-refractivity contribution is 7.89. The summed E-state index contributed by atoms with van der Waals surface area (Å²) >= 11 is 0. The Labute approximate surface area is 194 Å². The lowest BCUT2D eigenvalue weighted by molar-refractivity contribution is 0.102. The molecule has 7 heteroatoms. The van der Waals surface area contributed by atoms with Crippen molar-refractivity contribution in [2.75, 3.05) is 0 Å². The van der Waals surface area contributed by atoms with E-state index in [1.807, 2.05) is 41.9 Å². The third-order valence-electron chi connectivity index (χ3n) is 5.50. The Morgan fingerprint density at radius 3 is 2.12 bits per heavy atom. The van der Waals surface area contributed by atoms with Gasteiger partial charge >= 0.3 is 0 Å². The molecule has 2 N–H and O–H groups in total. The van der Waals surface area contributed by atoms with Crippen LogP contribution in [0.2, 0.25) is 0 Å². The number of aryl methyl sites for hydroxylation is 2. The molecule has 0 radical (unpaired) electrons. The fourth-order valence-electron chi connectivity index (χ4n) is 3.77. The summed E-state index contributed by atoms with van der Waals surface area (Å²) in [5.74, 6) is 0. The molecule has 0 aliphatic rings. The molecule has 0 saturated carbocycles. The van der Waals surface area contributed by atoms with Crippen molar-refractivity contribution < 1.29 is 13.2 Å². The first-order valence-electron chi connectivity index (χ1n) is 10.8. The lowest BCUT2D eigenvalue weighted by atomic mass is 9.98. The summed E-state index contributed by atoms with van der Waals surface area (Å²) in [6, 6.07) is 24.9. The quantitative estimate of drug-likeness (QED) is 0.404. The maximum atomic E-state index is 11.7. The predicted molar refractivity (Wildman–Crippen MR) is 130 cm³/mol. The Morgan fingerprint density at radius 1 is 0.879 bits per heavy atom. The minimum atomic E-state index is -3.76. The molecule has 0 fully saturated rings. The highest BCUT2D eigenvalue weighted by Crippen LogP contribution is 2.36. The van der Waals surface area contributed by atoms with E-state index in [1.54, 1.807) is 12.1 Å². The van der Waals surface area contributed by atoms with Gasteiger partial charge in [0.25, 0.3) is 0 Å². The topological polar surface area (TPSA) is 87.2 Å². The number of hydrogen-bond donors (Lipinski definition) is 1. The van der Waals surface area contributed by atoms with Crippen LogP contribution in [-0.4, -0.2) is 18.2 Å². The minimum Gasteiger partial charge on any atom is -0.370 e. The van der Waals surface area contributed by atoms with Gasteiger partial charge in [-0.05, 0) is 37.1 Å². The SMILES string of the molecule is CCn1nc(-c2ccc(S(N)(=O)=O)cc2)c(-c2ccc(C)cc2)c1COCc1ccccc1. The number of hydrogen-bond acceptors (Lipinski definition) is 4. The molecule has 4 rings (SSSR count). The number of aromatic nitrogens is 2. The summed E-state index contributed by atoms with van der Waals surface area (Å²) in [5, 5.41) is 10.1. The summed E-state index contributed by atoms with van der Waals surface area (Å²) in [6.07, 6.45) is 0. The second-order valence-corrected chi connectivity index (χ2v) is 9.46. The van der Waals surface area contributed by atoms with Gasteiger partial charge < -0.3 is 4.74 Å². The van der Waals surface area contributed by atoms with Gasteiger partial charge in [-0.25, -0.2) is 13.6 Å². The monoisotopic (exact) mass is 461 g/mol. The summed E-state index contributed by atoms with van der Waals surface area (Å²) in [4.78, 5) is 0.0736. The van der Waals surface area contributed by atoms with Gasteiger partial charge in [0.1, 0.15) is 5.69 Å². The molecule has 0 aliphatic heterocycles. The van der Waals surface area contributed by atoms with Crippen LogP contribution in [0.4, 0.5) is 0 Å². The highest BCUT2D eigenvalue weighted by Gasteiger charge is 2.21. The molecule has 33 heavy (non-hydrogen) atoms. The first kappa shape index (κ1) is 22.9. The van der Waals surface area contributed by atoms with Crippen LogP contribution in [-0.2, 0) is 34.5 Å². The molecule has 1 aromatic heterocycles. The molecule has 6 nitrogen and oxygen atoms in total. The first-order valence-corrected chi connectivity index (χ1v) is 12.3. The largest absolute Gasteiger partial charge is 0.370 e. The number of primary sulfonamides is 1. The van der Waals surface area contributed by atoms with Crippen molar-refractivity contribution in [1.82, 2.24) is 9.78 Å². The number of nitrogens with two attached hydrogens (primary N) is 1. The lowest BCUT2D eigenvalue weighted by Gasteiger charge is -2.11. The summed E-state index contributed by atoms with van der Waals surface area (Å²) in [7, 11) is -3.76. The van der Waals surface area contributed by atoms with E-state index in [0.717, 1.165) is 33.6 Å². The van der Waals surface area contributed by atoms with Crippen LogP contribution in [0, 0.1) is 6.92 Å². The van der Waals surface area contributed by atoms with Gasteiger partial charge in [0, 0.05) is 17.7 Å². The standard InChI is InChI=1S/C26H27N3O3S/c1-3-29-24(18-32-17-20-7-5-4-6-8-20)25(21-11-9-19(2)10-12-21)26(28-29)22-13-15-23(16-14-22)33(27,30)31/h4-16H,3,17-18H2,1-2H3,(H2,27,30,31). The van der Waals surface area contributed by atoms with Crippen LogP contribution in [0.25, 0.3) is 22.4 Å². The summed E-state index contributed by atoms with van der Waals surface area (Å²) in [6.45, 7) is 5.67. The van der Waals surface area contributed by atoms with E-state index in [-0.39, 0.29) is 4.90 Å². The third-order valence-corrected chi connectivity index (χ3v) is 6.43. The van der Waals surface area contributed by atoms with Crippen molar-refractivity contribution in [2.24, 2.45) is 5.14 Å². The fraction of sp³-hybridized carbons (Fsp3) is 0.192. The molecule has 0 spiro atoms. The van der Waals surface area contributed by atoms with Crippen molar-refractivity contribution in [3.05, 3.63) is 95.7 Å². The van der Waals surface area contributed by atoms with Crippen molar-refractivity contribution in [3.63, 3.8) is 0 Å². The summed E-state index contributed by atoms with van der Waals surface area (Å²) < 4.78 is 31.4. The van der Waals surface area contributed by atoms with Crippen LogP contribution in [0.1, 0.15) is 23.7 Å². The van der Waals surface area contributed by atoms with Gasteiger partial charge in [-0.1, -0.05) is 72.3 Å². The normalized spacial score (nSPS) is 11.6. The predicted octanol–water partition coefficient (Wildman–Crippen LogP) is 4.91. The van der Waals surface area contributed by atoms with Crippen LogP contribution >= 0.6 is 0 Å². The second-order valence-electron chi connectivity index (χ2n) is 7.90. The second kappa shape index (κ2) is 9.70. The van der Waals surface area contributed by atoms with E-state index in [1.165, 1.54) is 17.7 Å². The Morgan fingerprint density at radius 2 is 1.52 bits per heavy atom. The molecule has 1 heterocycles. The average Bonchev–Trinajstić information content (AvgIpc) is 3.18. The number of sulfonamides is 1. The van der Waals surface area contributed by atoms with E-state index in [9.17, 15) is 8.42 Å². The first-order chi connectivity index (χ1) is 15.9. The highest BCUT2D eigenvalue weighted by atomic mass is 32.2. The zero-order chi connectivity index (χ0) is 23.4. The molecular weight excluding hydrogens is 434 g/mol. The molecule has 0 amide bonds. The third kappa shape index (κ3) is 5.22. The molecule has 0 aliphatic carbocycles. The maximum absolute atomic E-state index is 11.7. The van der Waals surface area contributed by atoms with Gasteiger partial charge in [-0.3, -0.25) is 4.68 Å². The van der Waals surface area contributed by atoms with Gasteiger partial charge in [0.2, 0.25) is 10.0 Å². The van der Waals surface area contributed by atoms with Gasteiger partial charge in [0.05, 0.1) is 23.8 Å².